The lowest BCUT2D eigenvalue weighted by Crippen LogP contribution is -2.29. The number of nitrogens with one attached hydrogen (secondary N) is 1. The molecular weight excluding hydrogens is 778 g/mol. The summed E-state index contributed by atoms with van der Waals surface area (Å²) in [4.78, 5) is 12.3. The summed E-state index contributed by atoms with van der Waals surface area (Å²) < 4.78 is 71.7. The highest BCUT2D eigenvalue weighted by Crippen LogP contribution is 2.44. The van der Waals surface area contributed by atoms with Crippen LogP contribution < -0.4 is 10.1 Å². The van der Waals surface area contributed by atoms with Crippen molar-refractivity contribution in [3.63, 3.8) is 0 Å². The quantitative estimate of drug-likeness (QED) is 0.0785. The summed E-state index contributed by atoms with van der Waals surface area (Å²) in [6.45, 7) is 11.8. The Balaban J connectivity index is 0.764. The van der Waals surface area contributed by atoms with Gasteiger partial charge in [0, 0.05) is 12.5 Å². The number of alkyl carbamates (subject to hydrolysis) is 1. The van der Waals surface area contributed by atoms with Crippen molar-refractivity contribution in [1.29, 1.82) is 0 Å². The lowest BCUT2D eigenvalue weighted by molar-refractivity contribution is -0.0277. The van der Waals surface area contributed by atoms with Gasteiger partial charge >= 0.3 is 6.09 Å². The van der Waals surface area contributed by atoms with Gasteiger partial charge in [-0.25, -0.2) is 4.79 Å². The molecule has 334 valence electrons. The molecule has 0 spiro atoms. The smallest absolute Gasteiger partial charge is 0.407 e. The van der Waals surface area contributed by atoms with Crippen molar-refractivity contribution >= 4 is 6.09 Å². The van der Waals surface area contributed by atoms with Crippen molar-refractivity contribution in [2.45, 2.75) is 5.92 Å². The molecule has 0 radical (unpaired) electrons. The molecule has 1 aliphatic carbocycles. The fourth-order valence-corrected chi connectivity index (χ4v) is 5.91. The van der Waals surface area contributed by atoms with Gasteiger partial charge < -0.3 is 66.9 Å². The van der Waals surface area contributed by atoms with E-state index in [0.717, 1.165) is 5.75 Å². The van der Waals surface area contributed by atoms with Crippen molar-refractivity contribution < 1.29 is 66.4 Å². The molecule has 4 rings (SSSR count). The zero-order chi connectivity index (χ0) is 41.8. The van der Waals surface area contributed by atoms with Gasteiger partial charge in [0.15, 0.2) is 0 Å². The molecule has 0 aromatic heterocycles. The van der Waals surface area contributed by atoms with E-state index in [4.69, 9.17) is 61.6 Å². The van der Waals surface area contributed by atoms with Gasteiger partial charge in [-0.3, -0.25) is 0 Å². The van der Waals surface area contributed by atoms with Crippen LogP contribution in [0.2, 0.25) is 0 Å². The molecule has 0 atom stereocenters. The maximum atomic E-state index is 12.3. The first-order chi connectivity index (χ1) is 29.8. The van der Waals surface area contributed by atoms with Gasteiger partial charge in [-0.2, -0.15) is 0 Å². The molecule has 1 aliphatic rings. The van der Waals surface area contributed by atoms with E-state index < -0.39 is 6.09 Å². The molecular formula is C45H65NO14. The molecule has 15 nitrogen and oxygen atoms in total. The third kappa shape index (κ3) is 22.2. The van der Waals surface area contributed by atoms with Crippen molar-refractivity contribution in [3.8, 4) is 16.9 Å². The highest BCUT2D eigenvalue weighted by atomic mass is 16.6. The molecule has 1 N–H and O–H groups in total. The molecule has 15 heteroatoms. The van der Waals surface area contributed by atoms with Gasteiger partial charge in [0.2, 0.25) is 0 Å². The molecule has 0 fully saturated rings. The Morgan fingerprint density at radius 3 is 1.08 bits per heavy atom. The second kappa shape index (κ2) is 33.9. The zero-order valence-electron chi connectivity index (χ0n) is 35.0. The van der Waals surface area contributed by atoms with Crippen LogP contribution in [-0.2, 0) is 56.8 Å². The summed E-state index contributed by atoms with van der Waals surface area (Å²) in [7, 11) is 0. The van der Waals surface area contributed by atoms with Gasteiger partial charge in [0.25, 0.3) is 0 Å². The number of amides is 1. The molecule has 3 aromatic carbocycles. The standard InChI is InChI=1S/C45H65NO14/c47-45(60-38-44-42-12-6-4-10-40(42)41-11-5-7-13-43(41)44)46-14-15-48-16-17-49-18-19-50-20-21-51-22-23-52-24-25-53-26-27-54-28-29-55-30-31-56-32-33-57-34-35-58-36-37-59-39-8-2-1-3-9-39/h1-13,44H,14-38H2,(H,46,47). The topological polar surface area (TPSA) is 149 Å². The fraction of sp³-hybridized carbons (Fsp3) is 0.578. The minimum Gasteiger partial charge on any atom is -0.491 e. The molecule has 0 saturated carbocycles. The van der Waals surface area contributed by atoms with Crippen molar-refractivity contribution in [2.24, 2.45) is 0 Å². The number of hydrogen-bond acceptors (Lipinski definition) is 14. The lowest BCUT2D eigenvalue weighted by atomic mass is 9.98. The molecule has 60 heavy (non-hydrogen) atoms. The van der Waals surface area contributed by atoms with Gasteiger partial charge in [-0.15, -0.1) is 0 Å². The molecule has 0 unspecified atom stereocenters. The Bertz CT molecular complexity index is 1440. The maximum Gasteiger partial charge on any atom is 0.407 e. The summed E-state index contributed by atoms with van der Waals surface area (Å²) in [5, 5.41) is 2.74. The van der Waals surface area contributed by atoms with Crippen LogP contribution in [0.25, 0.3) is 11.1 Å². The number of ether oxygens (including phenoxy) is 13. The second-order valence-electron chi connectivity index (χ2n) is 13.1. The van der Waals surface area contributed by atoms with Crippen molar-refractivity contribution in [3.05, 3.63) is 90.0 Å². The fourth-order valence-electron chi connectivity index (χ4n) is 5.91. The molecule has 0 aliphatic heterocycles. The van der Waals surface area contributed by atoms with Crippen LogP contribution >= 0.6 is 0 Å². The minimum atomic E-state index is -0.454. The Kier molecular flexibility index (Phi) is 27.7. The van der Waals surface area contributed by atoms with E-state index in [-0.39, 0.29) is 12.5 Å². The van der Waals surface area contributed by atoms with Crippen LogP contribution in [0, 0.1) is 0 Å². The average molecular weight is 844 g/mol. The van der Waals surface area contributed by atoms with E-state index in [1.54, 1.807) is 0 Å². The van der Waals surface area contributed by atoms with Crippen LogP contribution in [0.15, 0.2) is 78.9 Å². The van der Waals surface area contributed by atoms with E-state index in [0.29, 0.717) is 159 Å². The Morgan fingerprint density at radius 1 is 0.383 bits per heavy atom. The van der Waals surface area contributed by atoms with Crippen LogP contribution in [0.3, 0.4) is 0 Å². The van der Waals surface area contributed by atoms with Crippen LogP contribution in [0.4, 0.5) is 4.79 Å². The second-order valence-corrected chi connectivity index (χ2v) is 13.1. The van der Waals surface area contributed by atoms with Gasteiger partial charge in [0.1, 0.15) is 19.0 Å². The SMILES string of the molecule is O=C(NCCOCCOCCOCCOCCOCCOCCOCCOCCOCCOCCOCCOc1ccccc1)OCC1c2ccccc2-c2ccccc21. The Morgan fingerprint density at radius 2 is 0.700 bits per heavy atom. The minimum absolute atomic E-state index is 0.0346. The summed E-state index contributed by atoms with van der Waals surface area (Å²) in [6, 6.07) is 26.2. The summed E-state index contributed by atoms with van der Waals surface area (Å²) in [5.41, 5.74) is 4.77. The highest BCUT2D eigenvalue weighted by molar-refractivity contribution is 5.79. The van der Waals surface area contributed by atoms with Crippen molar-refractivity contribution in [1.82, 2.24) is 5.32 Å². The zero-order valence-corrected chi connectivity index (χ0v) is 35.0. The number of carbonyl (C=O) groups is 1. The number of rotatable bonds is 39. The predicted molar refractivity (Wildman–Crippen MR) is 224 cm³/mol. The first kappa shape index (κ1) is 49.0. The van der Waals surface area contributed by atoms with E-state index >= 15 is 0 Å². The monoisotopic (exact) mass is 843 g/mol. The first-order valence-corrected chi connectivity index (χ1v) is 20.9. The third-order valence-electron chi connectivity index (χ3n) is 8.82. The molecule has 1 amide bonds. The van der Waals surface area contributed by atoms with Crippen LogP contribution in [0.1, 0.15) is 17.0 Å². The predicted octanol–water partition coefficient (Wildman–Crippen LogP) is 4.79. The average Bonchev–Trinajstić information content (AvgIpc) is 3.60. The maximum absolute atomic E-state index is 12.3. The normalized spacial score (nSPS) is 12.1. The van der Waals surface area contributed by atoms with E-state index in [1.807, 2.05) is 54.6 Å². The first-order valence-electron chi connectivity index (χ1n) is 20.9. The van der Waals surface area contributed by atoms with Crippen LogP contribution in [0.5, 0.6) is 5.75 Å². The number of fused-ring (bicyclic) bond motifs is 3. The van der Waals surface area contributed by atoms with Crippen LogP contribution in [-0.4, -0.2) is 171 Å². The molecule has 0 saturated heterocycles. The summed E-state index contributed by atoms with van der Waals surface area (Å²) in [5.74, 6) is 0.874. The third-order valence-corrected chi connectivity index (χ3v) is 8.82. The summed E-state index contributed by atoms with van der Waals surface area (Å²) >= 11 is 0. The highest BCUT2D eigenvalue weighted by Gasteiger charge is 2.29. The number of hydrogen-bond donors (Lipinski definition) is 1. The van der Waals surface area contributed by atoms with Gasteiger partial charge in [-0.1, -0.05) is 66.7 Å². The van der Waals surface area contributed by atoms with Gasteiger partial charge in [0.05, 0.1) is 145 Å². The number of para-hydroxylation sites is 1. The number of benzene rings is 3. The Labute approximate surface area is 355 Å². The van der Waals surface area contributed by atoms with E-state index in [1.165, 1.54) is 22.3 Å². The lowest BCUT2D eigenvalue weighted by Gasteiger charge is -2.14. The summed E-state index contributed by atoms with van der Waals surface area (Å²) in [6.07, 6.45) is -0.454. The molecule has 0 heterocycles. The Hall–Kier alpha value is -3.71. The van der Waals surface area contributed by atoms with E-state index in [2.05, 4.69) is 29.6 Å². The van der Waals surface area contributed by atoms with Crippen molar-refractivity contribution in [2.75, 3.05) is 165 Å². The molecule has 0 bridgehead atoms. The van der Waals surface area contributed by atoms with E-state index in [9.17, 15) is 4.79 Å². The largest absolute Gasteiger partial charge is 0.491 e. The van der Waals surface area contributed by atoms with Gasteiger partial charge in [-0.05, 0) is 34.4 Å². The molecule has 3 aromatic rings. The number of carbonyl (C=O) groups excluding carboxylic acids is 1.